The van der Waals surface area contributed by atoms with Crippen molar-refractivity contribution >= 4 is 11.3 Å². The average Bonchev–Trinajstić information content (AvgIpc) is 3.28. The summed E-state index contributed by atoms with van der Waals surface area (Å²) in [5.74, 6) is 1.55. The fourth-order valence-electron chi connectivity index (χ4n) is 3.04. The molecule has 0 aromatic carbocycles. The van der Waals surface area contributed by atoms with Gasteiger partial charge in [-0.15, -0.1) is 11.3 Å². The smallest absolute Gasteiger partial charge is 0.278 e. The van der Waals surface area contributed by atoms with E-state index in [1.54, 1.807) is 12.4 Å². The van der Waals surface area contributed by atoms with Gasteiger partial charge in [0.05, 0.1) is 11.9 Å². The molecular formula is C17H19N5OS. The number of aromatic nitrogens is 4. The van der Waals surface area contributed by atoms with Gasteiger partial charge in [0.1, 0.15) is 5.69 Å². The molecule has 0 aliphatic carbocycles. The largest absolute Gasteiger partial charge is 0.332 e. The first-order valence-corrected chi connectivity index (χ1v) is 9.03. The molecule has 0 radical (unpaired) electrons. The van der Waals surface area contributed by atoms with Crippen molar-refractivity contribution in [1.82, 2.24) is 25.0 Å². The van der Waals surface area contributed by atoms with Crippen molar-refractivity contribution in [3.05, 3.63) is 46.3 Å². The minimum atomic E-state index is 0.314. The van der Waals surface area contributed by atoms with Crippen LogP contribution in [0.4, 0.5) is 0 Å². The Balaban J connectivity index is 1.46. The van der Waals surface area contributed by atoms with Crippen LogP contribution in [-0.4, -0.2) is 38.1 Å². The Hall–Kier alpha value is -2.12. The van der Waals surface area contributed by atoms with Gasteiger partial charge in [-0.25, -0.2) is 4.98 Å². The van der Waals surface area contributed by atoms with Crippen molar-refractivity contribution in [2.24, 2.45) is 0 Å². The van der Waals surface area contributed by atoms with Crippen LogP contribution in [0, 0.1) is 6.92 Å². The van der Waals surface area contributed by atoms with Gasteiger partial charge in [0.25, 0.3) is 5.89 Å². The summed E-state index contributed by atoms with van der Waals surface area (Å²) >= 11 is 1.81. The zero-order valence-electron chi connectivity index (χ0n) is 13.6. The zero-order chi connectivity index (χ0) is 16.4. The molecule has 1 aliphatic rings. The van der Waals surface area contributed by atoms with E-state index < -0.39 is 0 Å². The summed E-state index contributed by atoms with van der Waals surface area (Å²) in [5.41, 5.74) is 1.50. The summed E-state index contributed by atoms with van der Waals surface area (Å²) in [4.78, 5) is 17.0. The number of aryl methyl sites for hydroxylation is 1. The second kappa shape index (κ2) is 6.78. The summed E-state index contributed by atoms with van der Waals surface area (Å²) in [6.07, 6.45) is 5.64. The van der Waals surface area contributed by atoms with Crippen LogP contribution in [0.3, 0.4) is 0 Å². The summed E-state index contributed by atoms with van der Waals surface area (Å²) in [6.45, 7) is 5.00. The van der Waals surface area contributed by atoms with Gasteiger partial charge in [-0.05, 0) is 37.8 Å². The highest BCUT2D eigenvalue weighted by Gasteiger charge is 2.26. The Morgan fingerprint density at radius 1 is 1.33 bits per heavy atom. The number of likely N-dealkylation sites (tertiary alicyclic amines) is 1. The molecule has 4 rings (SSSR count). The van der Waals surface area contributed by atoms with Gasteiger partial charge in [0.15, 0.2) is 5.82 Å². The van der Waals surface area contributed by atoms with E-state index in [0.717, 1.165) is 44.0 Å². The zero-order valence-corrected chi connectivity index (χ0v) is 14.4. The molecule has 0 amide bonds. The van der Waals surface area contributed by atoms with Crippen molar-refractivity contribution in [3.8, 4) is 11.6 Å². The minimum absolute atomic E-state index is 0.314. The Morgan fingerprint density at radius 2 is 2.29 bits per heavy atom. The first-order chi connectivity index (χ1) is 11.8. The normalized spacial score (nSPS) is 18.8. The van der Waals surface area contributed by atoms with E-state index in [0.29, 0.717) is 17.5 Å². The lowest BCUT2D eigenvalue weighted by Gasteiger charge is -2.30. The Labute approximate surface area is 144 Å². The summed E-state index contributed by atoms with van der Waals surface area (Å²) in [6, 6.07) is 4.30. The molecule has 24 heavy (non-hydrogen) atoms. The average molecular weight is 341 g/mol. The number of piperidine rings is 1. The Kier molecular flexibility index (Phi) is 4.36. The fourth-order valence-corrected chi connectivity index (χ4v) is 3.79. The van der Waals surface area contributed by atoms with Crippen molar-refractivity contribution in [2.45, 2.75) is 32.2 Å². The van der Waals surface area contributed by atoms with Crippen LogP contribution in [0.25, 0.3) is 11.6 Å². The predicted octanol–water partition coefficient (Wildman–Crippen LogP) is 3.28. The van der Waals surface area contributed by atoms with E-state index in [4.69, 9.17) is 4.52 Å². The second-order valence-corrected chi connectivity index (χ2v) is 7.19. The van der Waals surface area contributed by atoms with E-state index in [2.05, 4.69) is 42.5 Å². The summed E-state index contributed by atoms with van der Waals surface area (Å²) in [7, 11) is 0. The summed E-state index contributed by atoms with van der Waals surface area (Å²) < 4.78 is 5.40. The lowest BCUT2D eigenvalue weighted by atomic mass is 9.97. The first-order valence-electron chi connectivity index (χ1n) is 8.15. The van der Waals surface area contributed by atoms with E-state index in [9.17, 15) is 0 Å². The van der Waals surface area contributed by atoms with Crippen molar-refractivity contribution in [3.63, 3.8) is 0 Å². The third-order valence-corrected chi connectivity index (χ3v) is 5.13. The standard InChI is InChI=1S/C17H19N5OS/c1-12-8-19-15(9-18-12)17-20-16(21-23-17)13-4-2-6-22(10-13)11-14-5-3-7-24-14/h3,5,7-9,13H,2,4,6,10-11H2,1H3/t13-/m0/s1. The molecule has 4 heterocycles. The monoisotopic (exact) mass is 341 g/mol. The van der Waals surface area contributed by atoms with Crippen LogP contribution in [0.1, 0.15) is 35.2 Å². The Bertz CT molecular complexity index is 784. The van der Waals surface area contributed by atoms with E-state index >= 15 is 0 Å². The lowest BCUT2D eigenvalue weighted by molar-refractivity contribution is 0.196. The molecule has 0 spiro atoms. The van der Waals surface area contributed by atoms with Gasteiger partial charge in [0.2, 0.25) is 0 Å². The lowest BCUT2D eigenvalue weighted by Crippen LogP contribution is -2.34. The molecule has 1 fully saturated rings. The molecule has 1 aliphatic heterocycles. The van der Waals surface area contributed by atoms with E-state index in [-0.39, 0.29) is 0 Å². The molecule has 3 aromatic rings. The van der Waals surface area contributed by atoms with E-state index in [1.807, 2.05) is 18.3 Å². The molecule has 3 aromatic heterocycles. The third kappa shape index (κ3) is 3.37. The highest BCUT2D eigenvalue weighted by Crippen LogP contribution is 2.27. The number of hydrogen-bond acceptors (Lipinski definition) is 7. The van der Waals surface area contributed by atoms with Crippen molar-refractivity contribution in [1.29, 1.82) is 0 Å². The molecule has 0 bridgehead atoms. The summed E-state index contributed by atoms with van der Waals surface area (Å²) in [5, 5.41) is 6.32. The van der Waals surface area contributed by atoms with Crippen LogP contribution in [-0.2, 0) is 6.54 Å². The molecule has 1 atom stereocenters. The highest BCUT2D eigenvalue weighted by atomic mass is 32.1. The molecule has 1 saturated heterocycles. The van der Waals surface area contributed by atoms with Gasteiger partial charge >= 0.3 is 0 Å². The molecule has 7 heteroatoms. The highest BCUT2D eigenvalue weighted by molar-refractivity contribution is 7.09. The van der Waals surface area contributed by atoms with Crippen LogP contribution in [0.15, 0.2) is 34.4 Å². The minimum Gasteiger partial charge on any atom is -0.332 e. The van der Waals surface area contributed by atoms with Gasteiger partial charge in [-0.1, -0.05) is 11.2 Å². The van der Waals surface area contributed by atoms with Gasteiger partial charge < -0.3 is 4.52 Å². The van der Waals surface area contributed by atoms with Crippen molar-refractivity contribution in [2.75, 3.05) is 13.1 Å². The number of rotatable bonds is 4. The van der Waals surface area contributed by atoms with Crippen LogP contribution in [0.2, 0.25) is 0 Å². The molecule has 6 nitrogen and oxygen atoms in total. The molecule has 0 saturated carbocycles. The van der Waals surface area contributed by atoms with Gasteiger partial charge in [-0.3, -0.25) is 9.88 Å². The maximum atomic E-state index is 5.40. The van der Waals surface area contributed by atoms with Crippen LogP contribution < -0.4 is 0 Å². The van der Waals surface area contributed by atoms with Crippen molar-refractivity contribution < 1.29 is 4.52 Å². The maximum absolute atomic E-state index is 5.40. The number of hydrogen-bond donors (Lipinski definition) is 0. The predicted molar refractivity (Wildman–Crippen MR) is 91.6 cm³/mol. The third-order valence-electron chi connectivity index (χ3n) is 4.27. The number of nitrogens with zero attached hydrogens (tertiary/aromatic N) is 5. The molecular weight excluding hydrogens is 322 g/mol. The van der Waals surface area contributed by atoms with Crippen LogP contribution >= 0.6 is 11.3 Å². The van der Waals surface area contributed by atoms with Crippen LogP contribution in [0.5, 0.6) is 0 Å². The number of thiophene rings is 1. The second-order valence-electron chi connectivity index (χ2n) is 6.15. The van der Waals surface area contributed by atoms with E-state index in [1.165, 1.54) is 4.88 Å². The molecule has 0 N–H and O–H groups in total. The molecule has 0 unspecified atom stereocenters. The maximum Gasteiger partial charge on any atom is 0.278 e. The Morgan fingerprint density at radius 3 is 3.08 bits per heavy atom. The van der Waals surface area contributed by atoms with Gasteiger partial charge in [0, 0.05) is 30.1 Å². The van der Waals surface area contributed by atoms with Gasteiger partial charge in [-0.2, -0.15) is 4.98 Å². The SMILES string of the molecule is Cc1cnc(-c2nc([C@H]3CCCN(Cc4cccs4)C3)no2)cn1. The quantitative estimate of drug-likeness (QED) is 0.725. The first kappa shape index (κ1) is 15.4. The fraction of sp³-hybridized carbons (Fsp3) is 0.412. The topological polar surface area (TPSA) is 67.9 Å². The molecule has 124 valence electrons.